The zero-order chi connectivity index (χ0) is 13.1. The summed E-state index contributed by atoms with van der Waals surface area (Å²) < 4.78 is 7.47. The summed E-state index contributed by atoms with van der Waals surface area (Å²) in [5, 5.41) is 0. The standard InChI is InChI=1S/C12H12BrN3O2/c1-8-3-11(17)16(12(15-8)18-2)7-9-4-10(13)6-14-5-9/h3-6H,7H2,1-2H3. The Bertz CT molecular complexity index is 625. The average Bonchev–Trinajstić information content (AvgIpc) is 2.32. The molecule has 2 rings (SSSR count). The summed E-state index contributed by atoms with van der Waals surface area (Å²) in [4.78, 5) is 20.2. The third kappa shape index (κ3) is 2.76. The summed E-state index contributed by atoms with van der Waals surface area (Å²) >= 11 is 3.34. The van der Waals surface area contributed by atoms with Gasteiger partial charge in [0.2, 0.25) is 0 Å². The van der Waals surface area contributed by atoms with Gasteiger partial charge in [0.25, 0.3) is 11.6 Å². The first-order valence-electron chi connectivity index (χ1n) is 5.32. The number of nitrogens with zero attached hydrogens (tertiary/aromatic N) is 3. The van der Waals surface area contributed by atoms with Crippen LogP contribution < -0.4 is 10.3 Å². The highest BCUT2D eigenvalue weighted by atomic mass is 79.9. The summed E-state index contributed by atoms with van der Waals surface area (Å²) in [7, 11) is 1.50. The molecule has 94 valence electrons. The van der Waals surface area contributed by atoms with Gasteiger partial charge >= 0.3 is 0 Å². The fraction of sp³-hybridized carbons (Fsp3) is 0.250. The van der Waals surface area contributed by atoms with Crippen LogP contribution in [0.25, 0.3) is 0 Å². The fourth-order valence-electron chi connectivity index (χ4n) is 1.62. The molecule has 0 N–H and O–H groups in total. The van der Waals surface area contributed by atoms with E-state index in [1.807, 2.05) is 6.07 Å². The van der Waals surface area contributed by atoms with Crippen LogP contribution in [0.5, 0.6) is 6.01 Å². The molecule has 0 spiro atoms. The molecule has 0 aromatic carbocycles. The molecule has 18 heavy (non-hydrogen) atoms. The molecule has 0 bridgehead atoms. The largest absolute Gasteiger partial charge is 0.468 e. The van der Waals surface area contributed by atoms with Gasteiger partial charge in [0.15, 0.2) is 0 Å². The molecule has 5 nitrogen and oxygen atoms in total. The van der Waals surface area contributed by atoms with E-state index in [-0.39, 0.29) is 5.56 Å². The zero-order valence-electron chi connectivity index (χ0n) is 10.1. The molecule has 0 radical (unpaired) electrons. The highest BCUT2D eigenvalue weighted by Gasteiger charge is 2.08. The minimum absolute atomic E-state index is 0.140. The number of rotatable bonds is 3. The molecular formula is C12H12BrN3O2. The number of methoxy groups -OCH3 is 1. The lowest BCUT2D eigenvalue weighted by Gasteiger charge is -2.10. The van der Waals surface area contributed by atoms with Gasteiger partial charge in [-0.25, -0.2) is 4.98 Å². The molecule has 0 atom stereocenters. The molecular weight excluding hydrogens is 298 g/mol. The van der Waals surface area contributed by atoms with Gasteiger partial charge in [0.05, 0.1) is 13.7 Å². The number of aromatic nitrogens is 3. The Morgan fingerprint density at radius 2 is 2.17 bits per heavy atom. The first kappa shape index (κ1) is 12.8. The van der Waals surface area contributed by atoms with Crippen molar-refractivity contribution < 1.29 is 4.74 Å². The van der Waals surface area contributed by atoms with Crippen LogP contribution in [0.2, 0.25) is 0 Å². The highest BCUT2D eigenvalue weighted by molar-refractivity contribution is 9.10. The first-order valence-corrected chi connectivity index (χ1v) is 6.11. The SMILES string of the molecule is COc1nc(C)cc(=O)n1Cc1cncc(Br)c1. The molecule has 6 heteroatoms. The van der Waals surface area contributed by atoms with Gasteiger partial charge in [-0.1, -0.05) is 0 Å². The Kier molecular flexibility index (Phi) is 3.76. The number of aryl methyl sites for hydroxylation is 1. The Labute approximate surface area is 113 Å². The summed E-state index contributed by atoms with van der Waals surface area (Å²) in [6.07, 6.45) is 3.40. The van der Waals surface area contributed by atoms with Crippen LogP contribution in [0, 0.1) is 6.92 Å². The van der Waals surface area contributed by atoms with E-state index in [9.17, 15) is 4.79 Å². The molecule has 2 aromatic rings. The quantitative estimate of drug-likeness (QED) is 0.867. The Morgan fingerprint density at radius 3 is 2.83 bits per heavy atom. The summed E-state index contributed by atoms with van der Waals surface area (Å²) in [6.45, 7) is 2.14. The lowest BCUT2D eigenvalue weighted by atomic mass is 10.3. The molecule has 0 aliphatic carbocycles. The number of ether oxygens (including phenoxy) is 1. The Balaban J connectivity index is 2.43. The predicted octanol–water partition coefficient (Wildman–Crippen LogP) is 1.77. The summed E-state index contributed by atoms with van der Waals surface area (Å²) in [5.41, 5.74) is 1.40. The van der Waals surface area contributed by atoms with E-state index in [0.717, 1.165) is 10.0 Å². The van der Waals surface area contributed by atoms with Crippen molar-refractivity contribution >= 4 is 15.9 Å². The summed E-state index contributed by atoms with van der Waals surface area (Å²) in [6, 6.07) is 3.69. The van der Waals surface area contributed by atoms with Crippen molar-refractivity contribution in [3.05, 3.63) is 50.6 Å². The van der Waals surface area contributed by atoms with E-state index in [4.69, 9.17) is 4.74 Å². The van der Waals surface area contributed by atoms with Crippen LogP contribution in [0.4, 0.5) is 0 Å². The zero-order valence-corrected chi connectivity index (χ0v) is 11.6. The van der Waals surface area contributed by atoms with E-state index in [0.29, 0.717) is 18.2 Å². The van der Waals surface area contributed by atoms with Crippen molar-refractivity contribution in [3.63, 3.8) is 0 Å². The molecule has 0 unspecified atom stereocenters. The van der Waals surface area contributed by atoms with Crippen LogP contribution in [-0.2, 0) is 6.54 Å². The van der Waals surface area contributed by atoms with Gasteiger partial charge in [-0.2, -0.15) is 0 Å². The maximum Gasteiger partial charge on any atom is 0.299 e. The van der Waals surface area contributed by atoms with Crippen molar-refractivity contribution in [2.45, 2.75) is 13.5 Å². The fourth-order valence-corrected chi connectivity index (χ4v) is 2.03. The van der Waals surface area contributed by atoms with Crippen molar-refractivity contribution in [2.24, 2.45) is 0 Å². The second-order valence-electron chi connectivity index (χ2n) is 3.82. The Morgan fingerprint density at radius 1 is 1.39 bits per heavy atom. The lowest BCUT2D eigenvalue weighted by molar-refractivity contribution is 0.349. The predicted molar refractivity (Wildman–Crippen MR) is 70.8 cm³/mol. The van der Waals surface area contributed by atoms with Gasteiger partial charge in [-0.3, -0.25) is 14.3 Å². The van der Waals surface area contributed by atoms with E-state index >= 15 is 0 Å². The second-order valence-corrected chi connectivity index (χ2v) is 4.74. The van der Waals surface area contributed by atoms with Crippen LogP contribution in [0.3, 0.4) is 0 Å². The smallest absolute Gasteiger partial charge is 0.299 e. The number of pyridine rings is 1. The normalized spacial score (nSPS) is 10.4. The van der Waals surface area contributed by atoms with Crippen LogP contribution >= 0.6 is 15.9 Å². The van der Waals surface area contributed by atoms with Gasteiger partial charge in [-0.05, 0) is 34.5 Å². The average molecular weight is 310 g/mol. The van der Waals surface area contributed by atoms with Gasteiger partial charge in [0, 0.05) is 28.6 Å². The number of hydrogen-bond donors (Lipinski definition) is 0. The Hall–Kier alpha value is -1.69. The lowest BCUT2D eigenvalue weighted by Crippen LogP contribution is -2.23. The molecule has 2 aromatic heterocycles. The van der Waals surface area contributed by atoms with Gasteiger partial charge < -0.3 is 4.74 Å². The monoisotopic (exact) mass is 309 g/mol. The second kappa shape index (κ2) is 5.30. The van der Waals surface area contributed by atoms with E-state index in [1.165, 1.54) is 17.7 Å². The maximum atomic E-state index is 11.9. The third-order valence-corrected chi connectivity index (χ3v) is 2.82. The van der Waals surface area contributed by atoms with E-state index in [1.54, 1.807) is 19.3 Å². The van der Waals surface area contributed by atoms with E-state index < -0.39 is 0 Å². The highest BCUT2D eigenvalue weighted by Crippen LogP contribution is 2.12. The number of hydrogen-bond acceptors (Lipinski definition) is 4. The minimum atomic E-state index is -0.140. The van der Waals surface area contributed by atoms with E-state index in [2.05, 4.69) is 25.9 Å². The maximum absolute atomic E-state index is 11.9. The van der Waals surface area contributed by atoms with Crippen LogP contribution in [-0.4, -0.2) is 21.6 Å². The van der Waals surface area contributed by atoms with Crippen LogP contribution in [0.1, 0.15) is 11.3 Å². The molecule has 0 saturated heterocycles. The molecule has 0 aliphatic rings. The van der Waals surface area contributed by atoms with Crippen molar-refractivity contribution in [1.29, 1.82) is 0 Å². The van der Waals surface area contributed by atoms with Crippen molar-refractivity contribution in [3.8, 4) is 6.01 Å². The molecule has 0 saturated carbocycles. The topological polar surface area (TPSA) is 57.0 Å². The minimum Gasteiger partial charge on any atom is -0.468 e. The van der Waals surface area contributed by atoms with Crippen LogP contribution in [0.15, 0.2) is 33.8 Å². The molecule has 2 heterocycles. The number of halogens is 1. The van der Waals surface area contributed by atoms with Gasteiger partial charge in [0.1, 0.15) is 0 Å². The first-order chi connectivity index (χ1) is 8.60. The van der Waals surface area contributed by atoms with Crippen molar-refractivity contribution in [1.82, 2.24) is 14.5 Å². The molecule has 0 fully saturated rings. The third-order valence-electron chi connectivity index (χ3n) is 2.39. The van der Waals surface area contributed by atoms with Gasteiger partial charge in [-0.15, -0.1) is 0 Å². The molecule has 0 aliphatic heterocycles. The van der Waals surface area contributed by atoms with Crippen molar-refractivity contribution in [2.75, 3.05) is 7.11 Å². The summed E-state index contributed by atoms with van der Waals surface area (Å²) in [5.74, 6) is 0. The molecule has 0 amide bonds.